The molecule has 1 aromatic rings. The summed E-state index contributed by atoms with van der Waals surface area (Å²) in [5.74, 6) is 2.07. The molecule has 5 heteroatoms. The minimum Gasteiger partial charge on any atom is -0.394 e. The summed E-state index contributed by atoms with van der Waals surface area (Å²) in [7, 11) is 0. The van der Waals surface area contributed by atoms with E-state index in [1.165, 1.54) is 0 Å². The molecule has 1 saturated carbocycles. The van der Waals surface area contributed by atoms with Gasteiger partial charge >= 0.3 is 0 Å². The van der Waals surface area contributed by atoms with Gasteiger partial charge in [0.05, 0.1) is 12.1 Å². The second kappa shape index (κ2) is 5.10. The molecule has 1 aliphatic rings. The second-order valence-electron chi connectivity index (χ2n) is 5.23. The molecule has 0 radical (unpaired) electrons. The van der Waals surface area contributed by atoms with Crippen molar-refractivity contribution in [1.82, 2.24) is 9.97 Å². The van der Waals surface area contributed by atoms with Gasteiger partial charge in [-0.15, -0.1) is 0 Å². The van der Waals surface area contributed by atoms with Crippen molar-refractivity contribution in [1.29, 1.82) is 0 Å². The number of anilines is 2. The van der Waals surface area contributed by atoms with Crippen molar-refractivity contribution in [2.24, 2.45) is 0 Å². The summed E-state index contributed by atoms with van der Waals surface area (Å²) >= 11 is 0. The van der Waals surface area contributed by atoms with Crippen LogP contribution in [0.3, 0.4) is 0 Å². The third kappa shape index (κ3) is 2.56. The summed E-state index contributed by atoms with van der Waals surface area (Å²) in [6, 6.07) is 0. The Morgan fingerprint density at radius 1 is 1.33 bits per heavy atom. The molecule has 0 atom stereocenters. The molecule has 0 unspecified atom stereocenters. The molecule has 1 fully saturated rings. The van der Waals surface area contributed by atoms with E-state index in [9.17, 15) is 5.11 Å². The Labute approximate surface area is 108 Å². The standard InChI is InChI=1S/C13H22N4O/c1-4-14-11-10(9(2)3)12(16-8-15-11)17-13(7-18)5-6-13/h8-9,18H,4-7H2,1-3H3,(H2,14,15,16,17). The molecule has 0 aliphatic heterocycles. The fraction of sp³-hybridized carbons (Fsp3) is 0.692. The fourth-order valence-corrected chi connectivity index (χ4v) is 2.08. The van der Waals surface area contributed by atoms with Crippen LogP contribution >= 0.6 is 0 Å². The lowest BCUT2D eigenvalue weighted by molar-refractivity contribution is 0.266. The molecule has 1 heterocycles. The largest absolute Gasteiger partial charge is 0.394 e. The lowest BCUT2D eigenvalue weighted by Crippen LogP contribution is -2.27. The minimum atomic E-state index is -0.151. The molecule has 2 rings (SSSR count). The molecule has 0 saturated heterocycles. The predicted octanol–water partition coefficient (Wildman–Crippen LogP) is 1.97. The first-order valence-corrected chi connectivity index (χ1v) is 6.59. The van der Waals surface area contributed by atoms with Gasteiger partial charge in [0, 0.05) is 12.1 Å². The smallest absolute Gasteiger partial charge is 0.135 e. The summed E-state index contributed by atoms with van der Waals surface area (Å²) in [6.45, 7) is 7.30. The second-order valence-corrected chi connectivity index (χ2v) is 5.23. The van der Waals surface area contributed by atoms with Gasteiger partial charge in [0.25, 0.3) is 0 Å². The Hall–Kier alpha value is -1.36. The average Bonchev–Trinajstić information content (AvgIpc) is 3.10. The van der Waals surface area contributed by atoms with Gasteiger partial charge in [-0.3, -0.25) is 0 Å². The van der Waals surface area contributed by atoms with Crippen LogP contribution in [0, 0.1) is 0 Å². The highest BCUT2D eigenvalue weighted by Crippen LogP contribution is 2.40. The fourth-order valence-electron chi connectivity index (χ4n) is 2.08. The number of aliphatic hydroxyl groups excluding tert-OH is 1. The molecule has 0 bridgehead atoms. The SMILES string of the molecule is CCNc1ncnc(NC2(CO)CC2)c1C(C)C. The molecule has 100 valence electrons. The van der Waals surface area contributed by atoms with E-state index in [-0.39, 0.29) is 12.1 Å². The van der Waals surface area contributed by atoms with Crippen molar-refractivity contribution in [2.45, 2.75) is 45.1 Å². The summed E-state index contributed by atoms with van der Waals surface area (Å²) in [5.41, 5.74) is 0.945. The normalized spacial score (nSPS) is 16.7. The number of aromatic nitrogens is 2. The van der Waals surface area contributed by atoms with Gasteiger partial charge in [0.1, 0.15) is 18.0 Å². The summed E-state index contributed by atoms with van der Waals surface area (Å²) in [4.78, 5) is 8.64. The number of rotatable bonds is 6. The molecule has 5 nitrogen and oxygen atoms in total. The zero-order chi connectivity index (χ0) is 13.2. The monoisotopic (exact) mass is 250 g/mol. The van der Waals surface area contributed by atoms with Crippen LogP contribution in [0.1, 0.15) is 45.1 Å². The highest BCUT2D eigenvalue weighted by molar-refractivity contribution is 5.60. The lowest BCUT2D eigenvalue weighted by Gasteiger charge is -2.21. The van der Waals surface area contributed by atoms with E-state index in [1.807, 2.05) is 0 Å². The molecule has 3 N–H and O–H groups in total. The molecule has 18 heavy (non-hydrogen) atoms. The van der Waals surface area contributed by atoms with Crippen molar-refractivity contribution in [3.05, 3.63) is 11.9 Å². The van der Waals surface area contributed by atoms with E-state index in [0.717, 1.165) is 36.6 Å². The van der Waals surface area contributed by atoms with Gasteiger partial charge in [-0.1, -0.05) is 13.8 Å². The molecule has 1 aromatic heterocycles. The topological polar surface area (TPSA) is 70.1 Å². The van der Waals surface area contributed by atoms with Crippen molar-refractivity contribution in [3.63, 3.8) is 0 Å². The first-order chi connectivity index (χ1) is 8.62. The molecule has 0 spiro atoms. The van der Waals surface area contributed by atoms with Crippen LogP contribution in [0.4, 0.5) is 11.6 Å². The molecule has 0 aromatic carbocycles. The maximum atomic E-state index is 9.40. The highest BCUT2D eigenvalue weighted by Gasteiger charge is 2.43. The Bertz CT molecular complexity index is 415. The van der Waals surface area contributed by atoms with Crippen LogP contribution in [-0.4, -0.2) is 33.8 Å². The Morgan fingerprint density at radius 2 is 2.00 bits per heavy atom. The van der Waals surface area contributed by atoms with E-state index in [4.69, 9.17) is 0 Å². The number of nitrogens with one attached hydrogen (secondary N) is 2. The van der Waals surface area contributed by atoms with E-state index in [2.05, 4.69) is 41.4 Å². The number of aliphatic hydroxyl groups is 1. The van der Waals surface area contributed by atoms with E-state index in [1.54, 1.807) is 6.33 Å². The quantitative estimate of drug-likeness (QED) is 0.720. The van der Waals surface area contributed by atoms with Gasteiger partial charge in [-0.25, -0.2) is 9.97 Å². The van der Waals surface area contributed by atoms with Gasteiger partial charge in [-0.05, 0) is 25.7 Å². The first-order valence-electron chi connectivity index (χ1n) is 6.59. The molecule has 0 amide bonds. The van der Waals surface area contributed by atoms with Crippen LogP contribution in [0.15, 0.2) is 6.33 Å². The third-order valence-corrected chi connectivity index (χ3v) is 3.35. The van der Waals surface area contributed by atoms with Crippen LogP contribution in [0.2, 0.25) is 0 Å². The predicted molar refractivity (Wildman–Crippen MR) is 73.0 cm³/mol. The van der Waals surface area contributed by atoms with Gasteiger partial charge in [-0.2, -0.15) is 0 Å². The maximum Gasteiger partial charge on any atom is 0.135 e. The van der Waals surface area contributed by atoms with E-state index < -0.39 is 0 Å². The summed E-state index contributed by atoms with van der Waals surface area (Å²) in [5, 5.41) is 16.1. The van der Waals surface area contributed by atoms with Crippen LogP contribution in [0.25, 0.3) is 0 Å². The third-order valence-electron chi connectivity index (χ3n) is 3.35. The number of nitrogens with zero attached hydrogens (tertiary/aromatic N) is 2. The highest BCUT2D eigenvalue weighted by atomic mass is 16.3. The molecular weight excluding hydrogens is 228 g/mol. The van der Waals surface area contributed by atoms with Crippen LogP contribution in [-0.2, 0) is 0 Å². The van der Waals surface area contributed by atoms with Crippen molar-refractivity contribution < 1.29 is 5.11 Å². The molecular formula is C13H22N4O. The Balaban J connectivity index is 2.30. The molecule has 1 aliphatic carbocycles. The van der Waals surface area contributed by atoms with Crippen molar-refractivity contribution in [3.8, 4) is 0 Å². The van der Waals surface area contributed by atoms with Crippen molar-refractivity contribution in [2.75, 3.05) is 23.8 Å². The summed E-state index contributed by atoms with van der Waals surface area (Å²) in [6.07, 6.45) is 3.57. The van der Waals surface area contributed by atoms with Gasteiger partial charge in [0.15, 0.2) is 0 Å². The Morgan fingerprint density at radius 3 is 2.50 bits per heavy atom. The maximum absolute atomic E-state index is 9.40. The van der Waals surface area contributed by atoms with Crippen molar-refractivity contribution >= 4 is 11.6 Å². The van der Waals surface area contributed by atoms with Crippen LogP contribution < -0.4 is 10.6 Å². The van der Waals surface area contributed by atoms with E-state index >= 15 is 0 Å². The number of hydrogen-bond donors (Lipinski definition) is 3. The average molecular weight is 250 g/mol. The minimum absolute atomic E-state index is 0.151. The first kappa shape index (κ1) is 13.1. The zero-order valence-electron chi connectivity index (χ0n) is 11.3. The Kier molecular flexibility index (Phi) is 3.71. The van der Waals surface area contributed by atoms with Gasteiger partial charge < -0.3 is 15.7 Å². The van der Waals surface area contributed by atoms with E-state index in [0.29, 0.717) is 5.92 Å². The number of hydrogen-bond acceptors (Lipinski definition) is 5. The zero-order valence-corrected chi connectivity index (χ0v) is 11.3. The summed E-state index contributed by atoms with van der Waals surface area (Å²) < 4.78 is 0. The van der Waals surface area contributed by atoms with Gasteiger partial charge in [0.2, 0.25) is 0 Å². The lowest BCUT2D eigenvalue weighted by atomic mass is 10.0. The van der Waals surface area contributed by atoms with Crippen LogP contribution in [0.5, 0.6) is 0 Å².